The maximum Gasteiger partial charge on any atom is 0.342 e. The fourth-order valence-electron chi connectivity index (χ4n) is 2.82. The Morgan fingerprint density at radius 2 is 1.80 bits per heavy atom. The second-order valence-electron chi connectivity index (χ2n) is 6.91. The minimum Gasteiger partial charge on any atom is -0.507 e. The Morgan fingerprint density at radius 3 is 2.49 bits per heavy atom. The lowest BCUT2D eigenvalue weighted by atomic mass is 10.2. The zero-order valence-electron chi connectivity index (χ0n) is 17.7. The van der Waals surface area contributed by atoms with Crippen LogP contribution >= 0.6 is 0 Å². The van der Waals surface area contributed by atoms with Crippen LogP contribution < -0.4 is 10.0 Å². The monoisotopic (exact) mass is 496 g/mol. The van der Waals surface area contributed by atoms with Crippen LogP contribution in [-0.2, 0) is 19.6 Å². The smallest absolute Gasteiger partial charge is 0.342 e. The summed E-state index contributed by atoms with van der Waals surface area (Å²) < 4.78 is 32.0. The molecule has 0 aliphatic rings. The number of nitrogens with zero attached hydrogens (tertiary/aromatic N) is 2. The number of ether oxygens (including phenoxy) is 1. The summed E-state index contributed by atoms with van der Waals surface area (Å²) in [5.74, 6) is -2.36. The molecule has 0 saturated carbocycles. The van der Waals surface area contributed by atoms with Crippen molar-refractivity contribution in [3.8, 4) is 11.8 Å². The van der Waals surface area contributed by atoms with Crippen LogP contribution in [0, 0.1) is 21.4 Å². The number of benzene rings is 3. The average Bonchev–Trinajstić information content (AvgIpc) is 2.82. The highest BCUT2D eigenvalue weighted by Gasteiger charge is 2.20. The molecule has 0 aliphatic heterocycles. The van der Waals surface area contributed by atoms with E-state index in [1.54, 1.807) is 18.2 Å². The van der Waals surface area contributed by atoms with Gasteiger partial charge in [-0.25, -0.2) is 13.2 Å². The molecular formula is C22H16N4O8S. The van der Waals surface area contributed by atoms with Gasteiger partial charge in [0.05, 0.1) is 27.1 Å². The van der Waals surface area contributed by atoms with Gasteiger partial charge in [-0.15, -0.1) is 0 Å². The zero-order chi connectivity index (χ0) is 25.6. The van der Waals surface area contributed by atoms with Gasteiger partial charge in [0.2, 0.25) is 0 Å². The van der Waals surface area contributed by atoms with Crippen molar-refractivity contribution in [3.63, 3.8) is 0 Å². The van der Waals surface area contributed by atoms with Crippen LogP contribution in [0.1, 0.15) is 15.9 Å². The van der Waals surface area contributed by atoms with Crippen molar-refractivity contribution in [1.82, 2.24) is 0 Å². The van der Waals surface area contributed by atoms with Gasteiger partial charge in [0, 0.05) is 23.9 Å². The highest BCUT2D eigenvalue weighted by Crippen LogP contribution is 2.26. The van der Waals surface area contributed by atoms with Gasteiger partial charge in [0.25, 0.3) is 21.6 Å². The van der Waals surface area contributed by atoms with E-state index < -0.39 is 44.9 Å². The lowest BCUT2D eigenvalue weighted by Crippen LogP contribution is -2.21. The first-order chi connectivity index (χ1) is 16.6. The molecule has 0 atom stereocenters. The number of sulfonamides is 1. The minimum atomic E-state index is -4.23. The van der Waals surface area contributed by atoms with E-state index in [4.69, 9.17) is 10.00 Å². The highest BCUT2D eigenvalue weighted by atomic mass is 32.2. The third-order valence-corrected chi connectivity index (χ3v) is 5.80. The molecule has 0 spiro atoms. The van der Waals surface area contributed by atoms with Crippen LogP contribution in [0.3, 0.4) is 0 Å². The maximum absolute atomic E-state index is 12.5. The Labute approximate surface area is 198 Å². The van der Waals surface area contributed by atoms with Gasteiger partial charge in [0.15, 0.2) is 6.61 Å². The molecule has 0 aliphatic carbocycles. The van der Waals surface area contributed by atoms with E-state index in [2.05, 4.69) is 10.0 Å². The molecule has 0 heterocycles. The maximum atomic E-state index is 12.5. The van der Waals surface area contributed by atoms with E-state index >= 15 is 0 Å². The molecule has 0 radical (unpaired) electrons. The molecule has 1 amide bonds. The molecule has 0 aromatic heterocycles. The molecular weight excluding hydrogens is 480 g/mol. The number of esters is 1. The van der Waals surface area contributed by atoms with E-state index in [1.165, 1.54) is 18.2 Å². The molecule has 0 saturated heterocycles. The Kier molecular flexibility index (Phi) is 7.28. The summed E-state index contributed by atoms with van der Waals surface area (Å²) in [6.45, 7) is -0.684. The molecule has 3 rings (SSSR count). The van der Waals surface area contributed by atoms with Gasteiger partial charge >= 0.3 is 5.97 Å². The summed E-state index contributed by atoms with van der Waals surface area (Å²) >= 11 is 0. The van der Waals surface area contributed by atoms with E-state index in [1.807, 2.05) is 6.07 Å². The molecule has 13 heteroatoms. The summed E-state index contributed by atoms with van der Waals surface area (Å²) in [5.41, 5.74) is -0.224. The van der Waals surface area contributed by atoms with Crippen molar-refractivity contribution in [2.45, 2.75) is 4.90 Å². The predicted octanol–water partition coefficient (Wildman–Crippen LogP) is 2.77. The number of carbonyl (C=O) groups excluding carboxylic acids is 2. The molecule has 0 unspecified atom stereocenters. The summed E-state index contributed by atoms with van der Waals surface area (Å²) in [4.78, 5) is 34.0. The molecule has 0 bridgehead atoms. The Hall–Kier alpha value is -4.96. The molecule has 3 aromatic rings. The summed E-state index contributed by atoms with van der Waals surface area (Å²) in [6, 6.07) is 15.6. The third-order valence-electron chi connectivity index (χ3n) is 4.42. The largest absolute Gasteiger partial charge is 0.507 e. The number of phenols is 1. The summed E-state index contributed by atoms with van der Waals surface area (Å²) in [6.07, 6.45) is 0. The first-order valence-corrected chi connectivity index (χ1v) is 11.1. The Morgan fingerprint density at radius 1 is 1.06 bits per heavy atom. The topological polar surface area (TPSA) is 189 Å². The number of aromatic hydroxyl groups is 1. The number of phenolic OH excluding ortho intramolecular Hbond substituents is 1. The fourth-order valence-corrected chi connectivity index (χ4v) is 3.91. The van der Waals surface area contributed by atoms with Crippen LogP contribution in [0.5, 0.6) is 5.75 Å². The first kappa shape index (κ1) is 24.7. The van der Waals surface area contributed by atoms with Crippen molar-refractivity contribution >= 4 is 39.0 Å². The molecule has 0 fully saturated rings. The average molecular weight is 496 g/mol. The molecule has 3 N–H and O–H groups in total. The number of carbonyl (C=O) groups is 2. The number of amides is 1. The molecule has 35 heavy (non-hydrogen) atoms. The van der Waals surface area contributed by atoms with E-state index in [0.29, 0.717) is 11.3 Å². The lowest BCUT2D eigenvalue weighted by molar-refractivity contribution is -0.385. The number of nitro benzene ring substituents is 1. The second-order valence-corrected chi connectivity index (χ2v) is 8.59. The number of nitro groups is 1. The predicted molar refractivity (Wildman–Crippen MR) is 122 cm³/mol. The van der Waals surface area contributed by atoms with Gasteiger partial charge in [-0.05, 0) is 36.4 Å². The van der Waals surface area contributed by atoms with Gasteiger partial charge in [-0.1, -0.05) is 12.1 Å². The second kappa shape index (κ2) is 10.3. The lowest BCUT2D eigenvalue weighted by Gasteiger charge is -2.11. The number of hydrogen-bond donors (Lipinski definition) is 3. The Bertz CT molecular complexity index is 1460. The normalized spacial score (nSPS) is 10.6. The van der Waals surface area contributed by atoms with Crippen LogP contribution in [0.25, 0.3) is 0 Å². The van der Waals surface area contributed by atoms with Crippen LogP contribution in [0.15, 0.2) is 71.6 Å². The molecule has 178 valence electrons. The van der Waals surface area contributed by atoms with Crippen LogP contribution in [0.2, 0.25) is 0 Å². The quantitative estimate of drug-likeness (QED) is 0.239. The number of hydrogen-bond acceptors (Lipinski definition) is 9. The van der Waals surface area contributed by atoms with Crippen molar-refractivity contribution in [1.29, 1.82) is 5.26 Å². The van der Waals surface area contributed by atoms with E-state index in [9.17, 15) is 33.2 Å². The first-order valence-electron chi connectivity index (χ1n) is 9.66. The number of non-ortho nitro benzene ring substituents is 1. The summed E-state index contributed by atoms with van der Waals surface area (Å²) in [7, 11) is -4.23. The van der Waals surface area contributed by atoms with Crippen molar-refractivity contribution in [2.24, 2.45) is 0 Å². The molecule has 12 nitrogen and oxygen atoms in total. The van der Waals surface area contributed by atoms with Crippen molar-refractivity contribution in [3.05, 3.63) is 88.0 Å². The van der Waals surface area contributed by atoms with Crippen LogP contribution in [-0.4, -0.2) is 36.9 Å². The number of rotatable bonds is 8. The van der Waals surface area contributed by atoms with Gasteiger partial charge < -0.3 is 15.2 Å². The molecule has 3 aromatic carbocycles. The van der Waals surface area contributed by atoms with E-state index in [0.717, 1.165) is 30.3 Å². The van der Waals surface area contributed by atoms with Crippen molar-refractivity contribution < 1.29 is 32.8 Å². The van der Waals surface area contributed by atoms with Gasteiger partial charge in [-0.2, -0.15) is 5.26 Å². The number of nitriles is 1. The zero-order valence-corrected chi connectivity index (χ0v) is 18.5. The number of nitrogens with one attached hydrogen (secondary N) is 2. The number of anilines is 2. The minimum absolute atomic E-state index is 0.124. The van der Waals surface area contributed by atoms with Gasteiger partial charge in [-0.3, -0.25) is 19.6 Å². The SMILES string of the molecule is N#Cc1cccc(NC(=O)COC(=O)c2ccc(NS(=O)(=O)c3cccc([N+](=O)[O-])c3)cc2O)c1. The Balaban J connectivity index is 1.64. The van der Waals surface area contributed by atoms with Crippen molar-refractivity contribution in [2.75, 3.05) is 16.6 Å². The highest BCUT2D eigenvalue weighted by molar-refractivity contribution is 7.92. The van der Waals surface area contributed by atoms with Crippen LogP contribution in [0.4, 0.5) is 17.1 Å². The van der Waals surface area contributed by atoms with E-state index in [-0.39, 0.29) is 16.1 Å². The fraction of sp³-hybridized carbons (Fsp3) is 0.0455. The summed E-state index contributed by atoms with van der Waals surface area (Å²) in [5, 5.41) is 32.4. The third kappa shape index (κ3) is 6.30. The standard InChI is InChI=1S/C22H16N4O8S/c23-12-14-3-1-4-15(9-14)24-21(28)13-34-22(29)19-8-7-16(10-20(19)27)25-35(32,33)18-6-2-5-17(11-18)26(30)31/h1-11,25,27H,13H2,(H,24,28). The van der Waals surface area contributed by atoms with Gasteiger partial charge in [0.1, 0.15) is 11.3 Å².